The van der Waals surface area contributed by atoms with Crippen molar-refractivity contribution >= 4 is 15.7 Å². The van der Waals surface area contributed by atoms with Gasteiger partial charge in [0.1, 0.15) is 15.8 Å². The molecule has 0 saturated carbocycles. The summed E-state index contributed by atoms with van der Waals surface area (Å²) in [5, 5.41) is 0. The zero-order valence-corrected chi connectivity index (χ0v) is 10.9. The second-order valence-electron chi connectivity index (χ2n) is 3.90. The smallest absolute Gasteiger partial charge is 0.123 e. The van der Waals surface area contributed by atoms with Crippen LogP contribution in [0.4, 0.5) is 10.1 Å². The molecule has 4 nitrogen and oxygen atoms in total. The van der Waals surface area contributed by atoms with Crippen molar-refractivity contribution in [2.45, 2.75) is 11.4 Å². The van der Waals surface area contributed by atoms with Crippen molar-refractivity contribution in [1.82, 2.24) is 0 Å². The molecule has 3 N–H and O–H groups in total. The summed E-state index contributed by atoms with van der Waals surface area (Å²) in [5.74, 6) is -0.489. The van der Waals surface area contributed by atoms with Crippen molar-refractivity contribution in [3.63, 3.8) is 0 Å². The second kappa shape index (κ2) is 5.38. The topological polar surface area (TPSA) is 75.9 Å². The molecular formula is C13H13FN2O2S. The average molecular weight is 280 g/mol. The van der Waals surface area contributed by atoms with E-state index in [9.17, 15) is 12.8 Å². The van der Waals surface area contributed by atoms with Gasteiger partial charge in [-0.05, 0) is 29.8 Å². The first-order chi connectivity index (χ1) is 9.03. The fourth-order valence-corrected chi connectivity index (χ4v) is 2.62. The molecule has 100 valence electrons. The van der Waals surface area contributed by atoms with Crippen LogP contribution >= 0.6 is 0 Å². The van der Waals surface area contributed by atoms with Crippen LogP contribution in [0, 0.1) is 5.82 Å². The van der Waals surface area contributed by atoms with E-state index >= 15 is 0 Å². The fourth-order valence-electron chi connectivity index (χ4n) is 1.60. The van der Waals surface area contributed by atoms with E-state index in [2.05, 4.69) is 10.5 Å². The van der Waals surface area contributed by atoms with Crippen LogP contribution in [0.3, 0.4) is 0 Å². The molecule has 19 heavy (non-hydrogen) atoms. The Morgan fingerprint density at radius 3 is 2.32 bits per heavy atom. The Bertz CT molecular complexity index is 669. The number of hydrogen-bond acceptors (Lipinski definition) is 2. The first-order valence-corrected chi connectivity index (χ1v) is 7.07. The van der Waals surface area contributed by atoms with E-state index in [-0.39, 0.29) is 4.90 Å². The molecule has 6 heteroatoms. The Morgan fingerprint density at radius 1 is 1.05 bits per heavy atom. The highest BCUT2D eigenvalue weighted by atomic mass is 32.2. The maximum absolute atomic E-state index is 12.8. The Labute approximate surface area is 111 Å². The molecule has 0 aromatic heterocycles. The van der Waals surface area contributed by atoms with E-state index in [1.54, 1.807) is 24.3 Å². The lowest BCUT2D eigenvalue weighted by atomic mass is 10.2. The van der Waals surface area contributed by atoms with Crippen LogP contribution in [-0.2, 0) is 16.6 Å². The van der Waals surface area contributed by atoms with Crippen molar-refractivity contribution in [2.24, 2.45) is 0 Å². The predicted octanol–water partition coefficient (Wildman–Crippen LogP) is 1.96. The van der Waals surface area contributed by atoms with Gasteiger partial charge in [0.05, 0.1) is 11.4 Å². The van der Waals surface area contributed by atoms with Gasteiger partial charge in [-0.2, -0.15) is 0 Å². The van der Waals surface area contributed by atoms with E-state index in [0.717, 1.165) is 17.7 Å². The minimum Gasteiger partial charge on any atom is -0.572 e. The van der Waals surface area contributed by atoms with Gasteiger partial charge in [-0.1, -0.05) is 24.3 Å². The lowest BCUT2D eigenvalue weighted by Gasteiger charge is -2.24. The summed E-state index contributed by atoms with van der Waals surface area (Å²) in [6.45, 7) is 0.443. The molecule has 0 bridgehead atoms. The van der Waals surface area contributed by atoms with Gasteiger partial charge in [0.25, 0.3) is 0 Å². The number of sulfonamides is 1. The lowest BCUT2D eigenvalue weighted by Crippen LogP contribution is -2.47. The maximum atomic E-state index is 12.8. The van der Waals surface area contributed by atoms with E-state index in [1.165, 1.54) is 12.1 Å². The summed E-state index contributed by atoms with van der Waals surface area (Å²) in [4.78, 5) is -0.0345. The van der Waals surface area contributed by atoms with E-state index < -0.39 is 15.8 Å². The third-order valence-corrected chi connectivity index (χ3v) is 3.90. The normalized spacial score (nSPS) is 11.3. The van der Waals surface area contributed by atoms with Crippen LogP contribution in [0.5, 0.6) is 0 Å². The van der Waals surface area contributed by atoms with Crippen LogP contribution in [0.1, 0.15) is 5.56 Å². The zero-order chi connectivity index (χ0) is 13.9. The summed E-state index contributed by atoms with van der Waals surface area (Å²) in [5.41, 5.74) is 4.83. The molecule has 2 aromatic carbocycles. The highest BCUT2D eigenvalue weighted by molar-refractivity contribution is 7.94. The van der Waals surface area contributed by atoms with Gasteiger partial charge in [0, 0.05) is 0 Å². The highest BCUT2D eigenvalue weighted by Crippen LogP contribution is 2.30. The average Bonchev–Trinajstić information content (AvgIpc) is 2.39. The van der Waals surface area contributed by atoms with Gasteiger partial charge in [-0.25, -0.2) is 12.8 Å². The van der Waals surface area contributed by atoms with Crippen molar-refractivity contribution < 1.29 is 18.5 Å². The summed E-state index contributed by atoms with van der Waals surface area (Å²) in [6.07, 6.45) is 0. The monoisotopic (exact) mass is 280 g/mol. The number of rotatable bonds is 4. The molecule has 0 saturated heterocycles. The fraction of sp³-hybridized carbons (Fsp3) is 0.0769. The molecule has 0 unspecified atom stereocenters. The quantitative estimate of drug-likeness (QED) is 0.929. The first-order valence-electron chi connectivity index (χ1n) is 5.63. The van der Waals surface area contributed by atoms with E-state index in [1.807, 2.05) is 0 Å². The summed E-state index contributed by atoms with van der Waals surface area (Å²) >= 11 is 0. The Balaban J connectivity index is 2.34. The third-order valence-electron chi connectivity index (χ3n) is 2.59. The molecule has 0 heterocycles. The van der Waals surface area contributed by atoms with Crippen LogP contribution in [-0.4, -0.2) is 8.42 Å². The number of benzene rings is 2. The van der Waals surface area contributed by atoms with Gasteiger partial charge < -0.3 is 10.5 Å². The van der Waals surface area contributed by atoms with Crippen molar-refractivity contribution in [2.75, 3.05) is 0 Å². The van der Waals surface area contributed by atoms with Crippen LogP contribution < -0.4 is 5.73 Å². The third kappa shape index (κ3) is 3.10. The molecule has 0 aliphatic rings. The summed E-state index contributed by atoms with van der Waals surface area (Å²) < 4.78 is 40.7. The SMILES string of the molecule is [NH3+]Cc1ccccc1[N-]S(=O)(=O)c1ccc(F)cc1. The molecule has 0 spiro atoms. The molecule has 0 radical (unpaired) electrons. The molecule has 2 aromatic rings. The lowest BCUT2D eigenvalue weighted by molar-refractivity contribution is -0.386. The minimum absolute atomic E-state index is 0.0345. The summed E-state index contributed by atoms with van der Waals surface area (Å²) in [7, 11) is -3.83. The first kappa shape index (κ1) is 13.5. The van der Waals surface area contributed by atoms with Gasteiger partial charge in [0.2, 0.25) is 0 Å². The maximum Gasteiger partial charge on any atom is 0.123 e. The number of quaternary nitrogens is 1. The molecule has 2 rings (SSSR count). The van der Waals surface area contributed by atoms with Crippen molar-refractivity contribution in [1.29, 1.82) is 0 Å². The molecule has 0 aliphatic heterocycles. The van der Waals surface area contributed by atoms with Gasteiger partial charge in [-0.15, -0.1) is 5.69 Å². The Morgan fingerprint density at radius 2 is 1.68 bits per heavy atom. The number of hydrogen-bond donors (Lipinski definition) is 1. The van der Waals surface area contributed by atoms with Gasteiger partial charge in [-0.3, -0.25) is 0 Å². The number of halogens is 1. The second-order valence-corrected chi connectivity index (χ2v) is 5.50. The van der Waals surface area contributed by atoms with Crippen LogP contribution in [0.2, 0.25) is 0 Å². The van der Waals surface area contributed by atoms with Crippen molar-refractivity contribution in [3.05, 3.63) is 64.6 Å². The predicted molar refractivity (Wildman–Crippen MR) is 69.6 cm³/mol. The van der Waals surface area contributed by atoms with Crippen molar-refractivity contribution in [3.8, 4) is 0 Å². The summed E-state index contributed by atoms with van der Waals surface area (Å²) in [6, 6.07) is 11.5. The molecule has 0 atom stereocenters. The minimum atomic E-state index is -3.83. The number of nitrogens with zero attached hydrogens (tertiary/aromatic N) is 1. The molecule has 0 fully saturated rings. The van der Waals surface area contributed by atoms with E-state index in [4.69, 9.17) is 0 Å². The van der Waals surface area contributed by atoms with Crippen LogP contribution in [0.25, 0.3) is 4.72 Å². The van der Waals surface area contributed by atoms with Gasteiger partial charge >= 0.3 is 0 Å². The van der Waals surface area contributed by atoms with Crippen LogP contribution in [0.15, 0.2) is 53.4 Å². The standard InChI is InChI=1S/C13H12FN2O2S/c14-11-5-7-12(8-6-11)19(17,18)16-13-4-2-1-3-10(13)9-15/h1-8H,9,15H2/q-1/p+1. The van der Waals surface area contributed by atoms with Gasteiger partial charge in [0.15, 0.2) is 0 Å². The Kier molecular flexibility index (Phi) is 3.82. The van der Waals surface area contributed by atoms with E-state index in [0.29, 0.717) is 12.2 Å². The molecular weight excluding hydrogens is 267 g/mol. The molecule has 0 aliphatic carbocycles. The Hall–Kier alpha value is -1.92. The zero-order valence-electron chi connectivity index (χ0n) is 10.1. The molecule has 0 amide bonds. The highest BCUT2D eigenvalue weighted by Gasteiger charge is 2.06. The largest absolute Gasteiger partial charge is 0.572 e.